The van der Waals surface area contributed by atoms with Crippen LogP contribution < -0.4 is 10.6 Å². The lowest BCUT2D eigenvalue weighted by Gasteiger charge is -2.26. The minimum absolute atomic E-state index is 0.0431. The van der Waals surface area contributed by atoms with E-state index in [1.165, 1.54) is 28.7 Å². The Morgan fingerprint density at radius 1 is 1.21 bits per heavy atom. The Bertz CT molecular complexity index is 1170. The molecular formula is C22H23ClN4O5S. The van der Waals surface area contributed by atoms with Crippen molar-refractivity contribution in [3.8, 4) is 11.8 Å². The van der Waals surface area contributed by atoms with E-state index >= 15 is 0 Å². The van der Waals surface area contributed by atoms with Crippen molar-refractivity contribution in [2.24, 2.45) is 0 Å². The molecule has 1 aliphatic heterocycles. The molecule has 1 saturated heterocycles. The number of anilines is 1. The van der Waals surface area contributed by atoms with E-state index in [1.807, 2.05) is 6.07 Å². The third kappa shape index (κ3) is 6.46. The number of benzene rings is 2. The van der Waals surface area contributed by atoms with Gasteiger partial charge in [-0.05, 0) is 42.3 Å². The molecule has 0 aromatic heterocycles. The van der Waals surface area contributed by atoms with Crippen molar-refractivity contribution in [2.75, 3.05) is 38.2 Å². The molecule has 2 aromatic rings. The van der Waals surface area contributed by atoms with E-state index in [9.17, 15) is 23.6 Å². The predicted molar refractivity (Wildman–Crippen MR) is 123 cm³/mol. The third-order valence-corrected chi connectivity index (χ3v) is 7.14. The molecule has 0 aliphatic carbocycles. The van der Waals surface area contributed by atoms with Crippen LogP contribution in [0.25, 0.3) is 0 Å². The van der Waals surface area contributed by atoms with Crippen molar-refractivity contribution >= 4 is 33.2 Å². The number of nitriles is 1. The summed E-state index contributed by atoms with van der Waals surface area (Å²) in [6.45, 7) is 1.46. The number of hydrogen-bond donors (Lipinski definition) is 3. The SMILES string of the molecule is N#C/C(=C/Nc1cc(S(=O)(=O)N2CCOCC2)ccc1Cl)C(=O)NCCc1ccc(O)cc1. The summed E-state index contributed by atoms with van der Waals surface area (Å²) in [6, 6.07) is 12.6. The first-order valence-electron chi connectivity index (χ1n) is 10.1. The van der Waals surface area contributed by atoms with E-state index in [0.29, 0.717) is 19.6 Å². The summed E-state index contributed by atoms with van der Waals surface area (Å²) in [4.78, 5) is 12.4. The molecular weight excluding hydrogens is 468 g/mol. The zero-order chi connectivity index (χ0) is 23.8. The number of hydrogen-bond acceptors (Lipinski definition) is 7. The highest BCUT2D eigenvalue weighted by atomic mass is 35.5. The Balaban J connectivity index is 1.66. The van der Waals surface area contributed by atoms with E-state index in [-0.39, 0.29) is 46.6 Å². The Morgan fingerprint density at radius 2 is 1.91 bits per heavy atom. The number of halogens is 1. The minimum Gasteiger partial charge on any atom is -0.508 e. The molecule has 1 amide bonds. The normalized spacial score (nSPS) is 15.0. The summed E-state index contributed by atoms with van der Waals surface area (Å²) in [5.41, 5.74) is 0.965. The lowest BCUT2D eigenvalue weighted by atomic mass is 10.1. The van der Waals surface area contributed by atoms with E-state index in [4.69, 9.17) is 16.3 Å². The van der Waals surface area contributed by atoms with Gasteiger partial charge in [-0.1, -0.05) is 23.7 Å². The van der Waals surface area contributed by atoms with Gasteiger partial charge in [-0.2, -0.15) is 9.57 Å². The van der Waals surface area contributed by atoms with Gasteiger partial charge in [0.15, 0.2) is 0 Å². The van der Waals surface area contributed by atoms with Gasteiger partial charge in [0.1, 0.15) is 17.4 Å². The highest BCUT2D eigenvalue weighted by Gasteiger charge is 2.26. The number of nitrogens with one attached hydrogen (secondary N) is 2. The molecule has 0 spiro atoms. The Hall–Kier alpha value is -3.10. The number of phenolic OH excluding ortho intramolecular Hbond substituents is 1. The number of amides is 1. The van der Waals surface area contributed by atoms with Gasteiger partial charge in [0.2, 0.25) is 10.0 Å². The van der Waals surface area contributed by atoms with Crippen molar-refractivity contribution in [2.45, 2.75) is 11.3 Å². The van der Waals surface area contributed by atoms with Crippen molar-refractivity contribution in [3.05, 3.63) is 64.8 Å². The van der Waals surface area contributed by atoms with Gasteiger partial charge in [0.05, 0.1) is 28.8 Å². The van der Waals surface area contributed by atoms with Gasteiger partial charge < -0.3 is 20.5 Å². The van der Waals surface area contributed by atoms with Crippen LogP contribution in [0.4, 0.5) is 5.69 Å². The maximum Gasteiger partial charge on any atom is 0.263 e. The molecule has 174 valence electrons. The Morgan fingerprint density at radius 3 is 2.58 bits per heavy atom. The van der Waals surface area contributed by atoms with Crippen molar-refractivity contribution in [3.63, 3.8) is 0 Å². The second-order valence-electron chi connectivity index (χ2n) is 7.14. The third-order valence-electron chi connectivity index (χ3n) is 4.92. The molecule has 0 saturated carbocycles. The van der Waals surface area contributed by atoms with Gasteiger partial charge in [0, 0.05) is 25.8 Å². The average molecular weight is 491 g/mol. The second kappa shape index (κ2) is 11.2. The highest BCUT2D eigenvalue weighted by molar-refractivity contribution is 7.89. The standard InChI is InChI=1S/C22H23ClN4O5S/c23-20-6-5-19(33(30,31)27-9-11-32-12-10-27)13-21(20)26-15-17(14-24)22(29)25-8-7-16-1-3-18(28)4-2-16/h1-6,13,15,26,28H,7-12H2,(H,25,29)/b17-15-. The monoisotopic (exact) mass is 490 g/mol. The Kier molecular flexibility index (Phi) is 8.30. The summed E-state index contributed by atoms with van der Waals surface area (Å²) >= 11 is 6.18. The quantitative estimate of drug-likeness (QED) is 0.382. The smallest absolute Gasteiger partial charge is 0.263 e. The summed E-state index contributed by atoms with van der Waals surface area (Å²) in [5.74, 6) is -0.430. The summed E-state index contributed by atoms with van der Waals surface area (Å²) in [7, 11) is -3.73. The topological polar surface area (TPSA) is 132 Å². The number of phenols is 1. The fourth-order valence-corrected chi connectivity index (χ4v) is 4.70. The number of nitrogens with zero attached hydrogens (tertiary/aromatic N) is 2. The number of ether oxygens (including phenoxy) is 1. The van der Waals surface area contributed by atoms with Gasteiger partial charge in [-0.15, -0.1) is 0 Å². The maximum absolute atomic E-state index is 12.9. The van der Waals surface area contributed by atoms with Crippen LogP contribution in [0.15, 0.2) is 59.1 Å². The zero-order valence-electron chi connectivity index (χ0n) is 17.6. The molecule has 1 heterocycles. The molecule has 2 aromatic carbocycles. The van der Waals surface area contributed by atoms with E-state index in [2.05, 4.69) is 10.6 Å². The number of sulfonamides is 1. The van der Waals surface area contributed by atoms with E-state index < -0.39 is 15.9 Å². The van der Waals surface area contributed by atoms with Gasteiger partial charge >= 0.3 is 0 Å². The molecule has 1 aliphatic rings. The molecule has 0 bridgehead atoms. The number of morpholine rings is 1. The van der Waals surface area contributed by atoms with Gasteiger partial charge in [0.25, 0.3) is 5.91 Å². The fraction of sp³-hybridized carbons (Fsp3) is 0.273. The largest absolute Gasteiger partial charge is 0.508 e. The number of aromatic hydroxyl groups is 1. The van der Waals surface area contributed by atoms with Crippen molar-refractivity contribution in [1.82, 2.24) is 9.62 Å². The lowest BCUT2D eigenvalue weighted by Crippen LogP contribution is -2.40. The number of rotatable bonds is 8. The fourth-order valence-electron chi connectivity index (χ4n) is 3.09. The highest BCUT2D eigenvalue weighted by Crippen LogP contribution is 2.27. The molecule has 3 rings (SSSR count). The molecule has 1 fully saturated rings. The van der Waals surface area contributed by atoms with Crippen molar-refractivity contribution < 1.29 is 23.1 Å². The van der Waals surface area contributed by atoms with Crippen LogP contribution >= 0.6 is 11.6 Å². The molecule has 0 atom stereocenters. The molecule has 0 radical (unpaired) electrons. The minimum atomic E-state index is -3.73. The van der Waals surface area contributed by atoms with Gasteiger partial charge in [-0.25, -0.2) is 8.42 Å². The van der Waals surface area contributed by atoms with Crippen LogP contribution in [0.1, 0.15) is 5.56 Å². The van der Waals surface area contributed by atoms with Gasteiger partial charge in [-0.3, -0.25) is 4.79 Å². The van der Waals surface area contributed by atoms with E-state index in [0.717, 1.165) is 5.56 Å². The van der Waals surface area contributed by atoms with Crippen LogP contribution in [0.3, 0.4) is 0 Å². The number of carbonyl (C=O) groups is 1. The Labute approximate surface area is 197 Å². The molecule has 0 unspecified atom stereocenters. The summed E-state index contributed by atoms with van der Waals surface area (Å²) in [6.07, 6.45) is 1.70. The second-order valence-corrected chi connectivity index (χ2v) is 9.49. The van der Waals surface area contributed by atoms with Crippen LogP contribution in [0.2, 0.25) is 5.02 Å². The first-order valence-corrected chi connectivity index (χ1v) is 11.9. The molecule has 33 heavy (non-hydrogen) atoms. The van der Waals surface area contributed by atoms with Crippen LogP contribution in [-0.2, 0) is 26.0 Å². The molecule has 9 nitrogen and oxygen atoms in total. The summed E-state index contributed by atoms with van der Waals surface area (Å²) < 4.78 is 32.3. The van der Waals surface area contributed by atoms with E-state index in [1.54, 1.807) is 24.3 Å². The predicted octanol–water partition coefficient (Wildman–Crippen LogP) is 2.24. The molecule has 11 heteroatoms. The molecule has 3 N–H and O–H groups in total. The van der Waals surface area contributed by atoms with Crippen molar-refractivity contribution in [1.29, 1.82) is 5.26 Å². The number of carbonyl (C=O) groups excluding carboxylic acids is 1. The average Bonchev–Trinajstić information content (AvgIpc) is 2.82. The zero-order valence-corrected chi connectivity index (χ0v) is 19.2. The van der Waals surface area contributed by atoms with Crippen LogP contribution in [0, 0.1) is 11.3 Å². The first-order chi connectivity index (χ1) is 15.8. The summed E-state index contributed by atoms with van der Waals surface area (Å²) in [5, 5.41) is 24.3. The maximum atomic E-state index is 12.9. The van der Waals surface area contributed by atoms with Crippen LogP contribution in [0.5, 0.6) is 5.75 Å². The first kappa shape index (κ1) is 24.5. The van der Waals surface area contributed by atoms with Crippen LogP contribution in [-0.4, -0.2) is 56.6 Å². The lowest BCUT2D eigenvalue weighted by molar-refractivity contribution is -0.117.